The molecule has 116 valence electrons. The van der Waals surface area contributed by atoms with Crippen molar-refractivity contribution in [1.82, 2.24) is 19.7 Å². The molecule has 4 heterocycles. The molecule has 0 bridgehead atoms. The summed E-state index contributed by atoms with van der Waals surface area (Å²) in [6, 6.07) is 7.87. The third-order valence-electron chi connectivity index (χ3n) is 3.21. The fourth-order valence-corrected chi connectivity index (χ4v) is 4.63. The minimum absolute atomic E-state index is 0.723. The van der Waals surface area contributed by atoms with Crippen LogP contribution in [0.2, 0.25) is 0 Å². The number of thioether (sulfide) groups is 1. The second kappa shape index (κ2) is 6.31. The van der Waals surface area contributed by atoms with Gasteiger partial charge in [-0.2, -0.15) is 0 Å². The number of rotatable bonds is 5. The summed E-state index contributed by atoms with van der Waals surface area (Å²) in [5, 5.41) is 14.5. The van der Waals surface area contributed by atoms with Crippen molar-refractivity contribution in [2.24, 2.45) is 7.05 Å². The van der Waals surface area contributed by atoms with Crippen LogP contribution in [0, 0.1) is 0 Å². The molecule has 0 aromatic carbocycles. The molecule has 23 heavy (non-hydrogen) atoms. The van der Waals surface area contributed by atoms with Crippen LogP contribution in [-0.2, 0) is 12.8 Å². The summed E-state index contributed by atoms with van der Waals surface area (Å²) in [6.07, 6.45) is 1.64. The molecule has 0 spiro atoms. The Morgan fingerprint density at radius 1 is 1.22 bits per heavy atom. The highest BCUT2D eigenvalue weighted by molar-refractivity contribution is 7.98. The predicted molar refractivity (Wildman–Crippen MR) is 93.7 cm³/mol. The summed E-state index contributed by atoms with van der Waals surface area (Å²) in [5.74, 6) is 2.22. The van der Waals surface area contributed by atoms with E-state index in [-0.39, 0.29) is 0 Å². The molecule has 5 nitrogen and oxygen atoms in total. The van der Waals surface area contributed by atoms with Crippen LogP contribution in [0.5, 0.6) is 0 Å². The Labute approximate surface area is 145 Å². The van der Waals surface area contributed by atoms with Gasteiger partial charge in [-0.05, 0) is 23.6 Å². The van der Waals surface area contributed by atoms with Crippen LogP contribution in [0.4, 0.5) is 0 Å². The van der Waals surface area contributed by atoms with Gasteiger partial charge in [-0.3, -0.25) is 0 Å². The first-order valence-electron chi connectivity index (χ1n) is 6.85. The number of nitrogens with zero attached hydrogens (tertiary/aromatic N) is 4. The Hall–Kier alpha value is -1.90. The number of furan rings is 1. The molecule has 0 aliphatic rings. The Kier molecular flexibility index (Phi) is 4.02. The fourth-order valence-electron chi connectivity index (χ4n) is 2.09. The SMILES string of the molecule is Cn1c(SCc2csc(-c3cccs3)n2)nnc1-c1ccco1. The highest BCUT2D eigenvalue weighted by Gasteiger charge is 2.14. The quantitative estimate of drug-likeness (QED) is 0.489. The van der Waals surface area contributed by atoms with Gasteiger partial charge < -0.3 is 8.98 Å². The van der Waals surface area contributed by atoms with Crippen molar-refractivity contribution in [1.29, 1.82) is 0 Å². The predicted octanol–water partition coefficient (Wildman–Crippen LogP) is 4.55. The average Bonchev–Trinajstić information content (AvgIpc) is 3.33. The highest BCUT2D eigenvalue weighted by Crippen LogP contribution is 2.30. The number of thiophene rings is 1. The first kappa shape index (κ1) is 14.7. The summed E-state index contributed by atoms with van der Waals surface area (Å²) in [5.41, 5.74) is 1.06. The van der Waals surface area contributed by atoms with E-state index in [1.807, 2.05) is 29.8 Å². The van der Waals surface area contributed by atoms with E-state index in [2.05, 4.69) is 32.0 Å². The van der Waals surface area contributed by atoms with E-state index >= 15 is 0 Å². The minimum atomic E-state index is 0.723. The van der Waals surface area contributed by atoms with Crippen molar-refractivity contribution in [2.75, 3.05) is 0 Å². The Morgan fingerprint density at radius 2 is 2.17 bits per heavy atom. The minimum Gasteiger partial charge on any atom is -0.461 e. The van der Waals surface area contributed by atoms with Gasteiger partial charge in [0.1, 0.15) is 5.01 Å². The normalized spacial score (nSPS) is 11.2. The Morgan fingerprint density at radius 3 is 2.96 bits per heavy atom. The highest BCUT2D eigenvalue weighted by atomic mass is 32.2. The zero-order chi connectivity index (χ0) is 15.6. The molecule has 0 aliphatic carbocycles. The van der Waals surface area contributed by atoms with Gasteiger partial charge in [-0.15, -0.1) is 32.9 Å². The van der Waals surface area contributed by atoms with Crippen molar-refractivity contribution in [3.63, 3.8) is 0 Å². The van der Waals surface area contributed by atoms with Gasteiger partial charge in [0.2, 0.25) is 0 Å². The maximum absolute atomic E-state index is 5.38. The molecule has 0 N–H and O–H groups in total. The first-order chi connectivity index (χ1) is 11.3. The molecule has 8 heteroatoms. The van der Waals surface area contributed by atoms with Gasteiger partial charge >= 0.3 is 0 Å². The van der Waals surface area contributed by atoms with E-state index in [4.69, 9.17) is 4.42 Å². The van der Waals surface area contributed by atoms with Gasteiger partial charge in [0.05, 0.1) is 16.8 Å². The maximum atomic E-state index is 5.38. The van der Waals surface area contributed by atoms with Crippen molar-refractivity contribution in [3.8, 4) is 21.5 Å². The molecule has 0 atom stereocenters. The van der Waals surface area contributed by atoms with E-state index < -0.39 is 0 Å². The lowest BCUT2D eigenvalue weighted by molar-refractivity contribution is 0.572. The average molecular weight is 360 g/mol. The van der Waals surface area contributed by atoms with Crippen molar-refractivity contribution in [2.45, 2.75) is 10.9 Å². The van der Waals surface area contributed by atoms with Crippen LogP contribution >= 0.6 is 34.4 Å². The van der Waals surface area contributed by atoms with Gasteiger partial charge in [-0.1, -0.05) is 17.8 Å². The fraction of sp³-hybridized carbons (Fsp3) is 0.133. The lowest BCUT2D eigenvalue weighted by Crippen LogP contribution is -1.94. The molecular weight excluding hydrogens is 348 g/mol. The summed E-state index contributed by atoms with van der Waals surface area (Å²) < 4.78 is 7.32. The molecule has 0 unspecified atom stereocenters. The molecule has 0 saturated heterocycles. The maximum Gasteiger partial charge on any atom is 0.200 e. The largest absolute Gasteiger partial charge is 0.461 e. The lowest BCUT2D eigenvalue weighted by Gasteiger charge is -2.00. The van der Waals surface area contributed by atoms with E-state index in [0.717, 1.165) is 33.2 Å². The van der Waals surface area contributed by atoms with Gasteiger partial charge in [0, 0.05) is 18.2 Å². The van der Waals surface area contributed by atoms with Crippen LogP contribution < -0.4 is 0 Å². The van der Waals surface area contributed by atoms with Crippen LogP contribution in [0.1, 0.15) is 5.69 Å². The molecule has 4 rings (SSSR count). The van der Waals surface area contributed by atoms with E-state index in [1.54, 1.807) is 40.7 Å². The summed E-state index contributed by atoms with van der Waals surface area (Å²) in [7, 11) is 1.94. The number of hydrogen-bond donors (Lipinski definition) is 0. The van der Waals surface area contributed by atoms with Crippen LogP contribution in [0.3, 0.4) is 0 Å². The van der Waals surface area contributed by atoms with Crippen molar-refractivity contribution in [3.05, 3.63) is 47.0 Å². The monoisotopic (exact) mass is 360 g/mol. The van der Waals surface area contributed by atoms with E-state index in [9.17, 15) is 0 Å². The molecule has 4 aromatic heterocycles. The van der Waals surface area contributed by atoms with Crippen LogP contribution in [-0.4, -0.2) is 19.7 Å². The van der Waals surface area contributed by atoms with Crippen molar-refractivity contribution < 1.29 is 4.42 Å². The van der Waals surface area contributed by atoms with Crippen molar-refractivity contribution >= 4 is 34.4 Å². The molecule has 0 radical (unpaired) electrons. The summed E-state index contributed by atoms with van der Waals surface area (Å²) in [4.78, 5) is 5.90. The zero-order valence-electron chi connectivity index (χ0n) is 12.2. The third-order valence-corrected chi connectivity index (χ3v) is 6.19. The summed E-state index contributed by atoms with van der Waals surface area (Å²) >= 11 is 5.01. The van der Waals surface area contributed by atoms with E-state index in [0.29, 0.717) is 0 Å². The number of hydrogen-bond acceptors (Lipinski definition) is 7. The molecule has 4 aromatic rings. The molecular formula is C15H12N4OS3. The second-order valence-corrected chi connectivity index (χ2v) is 7.50. The van der Waals surface area contributed by atoms with Crippen LogP contribution in [0.15, 0.2) is 50.9 Å². The van der Waals surface area contributed by atoms with Gasteiger partial charge in [0.25, 0.3) is 0 Å². The molecule has 0 saturated carbocycles. The second-order valence-electron chi connectivity index (χ2n) is 4.75. The third kappa shape index (κ3) is 2.97. The Bertz CT molecular complexity index is 893. The molecule has 0 amide bonds. The number of thiazole rings is 1. The molecule has 0 fully saturated rings. The topological polar surface area (TPSA) is 56.7 Å². The Balaban J connectivity index is 1.48. The number of aromatic nitrogens is 4. The standard InChI is InChI=1S/C15H12N4OS3/c1-19-13(11-4-2-6-20-11)17-18-15(19)23-9-10-8-22-14(16-10)12-5-3-7-21-12/h2-8H,9H2,1H3. The van der Waals surface area contributed by atoms with E-state index in [1.165, 1.54) is 4.88 Å². The molecule has 0 aliphatic heterocycles. The lowest BCUT2D eigenvalue weighted by atomic mass is 10.4. The smallest absolute Gasteiger partial charge is 0.200 e. The van der Waals surface area contributed by atoms with Crippen LogP contribution in [0.25, 0.3) is 21.5 Å². The summed E-state index contributed by atoms with van der Waals surface area (Å²) in [6.45, 7) is 0. The zero-order valence-corrected chi connectivity index (χ0v) is 14.6. The van der Waals surface area contributed by atoms with Gasteiger partial charge in [0.15, 0.2) is 16.7 Å². The van der Waals surface area contributed by atoms with Gasteiger partial charge in [-0.25, -0.2) is 4.98 Å². The first-order valence-corrected chi connectivity index (χ1v) is 9.60.